The summed E-state index contributed by atoms with van der Waals surface area (Å²) in [4.78, 5) is 23.6. The molecule has 0 aromatic heterocycles. The summed E-state index contributed by atoms with van der Waals surface area (Å²) in [5.41, 5.74) is 2.55. The Morgan fingerprint density at radius 3 is 2.52 bits per heavy atom. The van der Waals surface area contributed by atoms with Crippen LogP contribution in [0, 0.1) is 0 Å². The van der Waals surface area contributed by atoms with Crippen LogP contribution < -0.4 is 0 Å². The lowest BCUT2D eigenvalue weighted by Crippen LogP contribution is -2.36. The van der Waals surface area contributed by atoms with Crippen molar-refractivity contribution in [1.29, 1.82) is 0 Å². The van der Waals surface area contributed by atoms with Gasteiger partial charge in [-0.25, -0.2) is 4.99 Å². The first-order chi connectivity index (χ1) is 12.3. The number of rotatable bonds is 3. The molecular formula is C20H15N3OS. The van der Waals surface area contributed by atoms with Crippen molar-refractivity contribution in [3.8, 4) is 0 Å². The summed E-state index contributed by atoms with van der Waals surface area (Å²) >= 11 is 1.43. The average Bonchev–Trinajstić information content (AvgIpc) is 3.13. The van der Waals surface area contributed by atoms with E-state index in [1.54, 1.807) is 11.1 Å². The first-order valence-corrected chi connectivity index (χ1v) is 8.80. The Balaban J connectivity index is 1.74. The molecule has 0 radical (unpaired) electrons. The van der Waals surface area contributed by atoms with Gasteiger partial charge in [-0.15, -0.1) is 0 Å². The van der Waals surface area contributed by atoms with Gasteiger partial charge in [-0.3, -0.25) is 14.7 Å². The van der Waals surface area contributed by atoms with Gasteiger partial charge < -0.3 is 0 Å². The summed E-state index contributed by atoms with van der Waals surface area (Å²) in [5.74, 6) is 0.391. The molecule has 25 heavy (non-hydrogen) atoms. The van der Waals surface area contributed by atoms with Crippen molar-refractivity contribution in [3.05, 3.63) is 89.0 Å². The van der Waals surface area contributed by atoms with Crippen molar-refractivity contribution >= 4 is 34.7 Å². The Hall–Kier alpha value is -2.92. The molecule has 0 aliphatic carbocycles. The Labute approximate surface area is 150 Å². The molecule has 2 aromatic rings. The third-order valence-electron chi connectivity index (χ3n) is 3.85. The molecule has 0 N–H and O–H groups in total. The normalized spacial score (nSPS) is 19.4. The van der Waals surface area contributed by atoms with Gasteiger partial charge in [-0.1, -0.05) is 72.4 Å². The SMILES string of the molecule is O=C1/C(=C/c2ccccc2)C(=NCc2ccccc2)N=C2SC=CN12. The lowest BCUT2D eigenvalue weighted by Gasteiger charge is -2.21. The van der Waals surface area contributed by atoms with Gasteiger partial charge >= 0.3 is 0 Å². The summed E-state index contributed by atoms with van der Waals surface area (Å²) in [6.07, 6.45) is 3.60. The zero-order valence-electron chi connectivity index (χ0n) is 13.4. The second-order valence-electron chi connectivity index (χ2n) is 5.57. The minimum absolute atomic E-state index is 0.0954. The molecule has 0 fully saturated rings. The standard InChI is InChI=1S/C20H15N3OS/c24-19-17(13-15-7-3-1-4-8-15)18(22-20-23(19)11-12-25-20)21-14-16-9-5-2-6-10-16/h1-13H,14H2/b17-13+,21-18?. The van der Waals surface area contributed by atoms with E-state index in [1.165, 1.54) is 11.8 Å². The highest BCUT2D eigenvalue weighted by Crippen LogP contribution is 2.28. The molecule has 0 saturated heterocycles. The summed E-state index contributed by atoms with van der Waals surface area (Å²) in [5, 5.41) is 2.51. The van der Waals surface area contributed by atoms with E-state index in [9.17, 15) is 4.79 Å². The molecule has 122 valence electrons. The van der Waals surface area contributed by atoms with Gasteiger partial charge in [0.25, 0.3) is 5.91 Å². The second-order valence-corrected chi connectivity index (χ2v) is 6.44. The van der Waals surface area contributed by atoms with Crippen molar-refractivity contribution in [1.82, 2.24) is 4.90 Å². The Morgan fingerprint density at radius 2 is 1.76 bits per heavy atom. The van der Waals surface area contributed by atoms with Crippen LogP contribution in [0.5, 0.6) is 0 Å². The molecule has 0 bridgehead atoms. The molecule has 0 atom stereocenters. The van der Waals surface area contributed by atoms with E-state index in [0.717, 1.165) is 11.1 Å². The minimum Gasteiger partial charge on any atom is -0.268 e. The largest absolute Gasteiger partial charge is 0.268 e. The maximum Gasteiger partial charge on any atom is 0.267 e. The maximum absolute atomic E-state index is 12.9. The van der Waals surface area contributed by atoms with Crippen LogP contribution in [0.4, 0.5) is 0 Å². The van der Waals surface area contributed by atoms with Gasteiger partial charge in [0.2, 0.25) is 0 Å². The first kappa shape index (κ1) is 15.6. The number of nitrogens with zero attached hydrogens (tertiary/aromatic N) is 3. The van der Waals surface area contributed by atoms with E-state index >= 15 is 0 Å². The van der Waals surface area contributed by atoms with Crippen LogP contribution in [-0.4, -0.2) is 21.8 Å². The summed E-state index contributed by atoms with van der Waals surface area (Å²) in [6.45, 7) is 0.491. The number of hydrogen-bond donors (Lipinski definition) is 0. The van der Waals surface area contributed by atoms with Gasteiger partial charge in [0.05, 0.1) is 12.1 Å². The van der Waals surface area contributed by atoms with Crippen LogP contribution in [0.25, 0.3) is 6.08 Å². The topological polar surface area (TPSA) is 45.0 Å². The number of carbonyl (C=O) groups is 1. The number of fused-ring (bicyclic) bond motifs is 1. The fourth-order valence-corrected chi connectivity index (χ4v) is 3.30. The summed E-state index contributed by atoms with van der Waals surface area (Å²) in [7, 11) is 0. The Morgan fingerprint density at radius 1 is 1.04 bits per heavy atom. The molecule has 2 heterocycles. The summed E-state index contributed by atoms with van der Waals surface area (Å²) in [6, 6.07) is 19.7. The molecule has 1 amide bonds. The van der Waals surface area contributed by atoms with E-state index in [-0.39, 0.29) is 5.91 Å². The lowest BCUT2D eigenvalue weighted by molar-refractivity contribution is -0.121. The van der Waals surface area contributed by atoms with Crippen molar-refractivity contribution in [3.63, 3.8) is 0 Å². The molecule has 0 saturated carbocycles. The maximum atomic E-state index is 12.9. The molecule has 4 rings (SSSR count). The van der Waals surface area contributed by atoms with E-state index < -0.39 is 0 Å². The summed E-state index contributed by atoms with van der Waals surface area (Å²) < 4.78 is 0. The predicted molar refractivity (Wildman–Crippen MR) is 103 cm³/mol. The smallest absolute Gasteiger partial charge is 0.267 e. The fraction of sp³-hybridized carbons (Fsp3) is 0.0500. The predicted octanol–water partition coefficient (Wildman–Crippen LogP) is 4.08. The molecule has 2 aliphatic heterocycles. The van der Waals surface area contributed by atoms with Crippen LogP contribution in [0.15, 0.2) is 87.8 Å². The fourth-order valence-electron chi connectivity index (χ4n) is 2.60. The van der Waals surface area contributed by atoms with Crippen LogP contribution in [-0.2, 0) is 11.3 Å². The highest BCUT2D eigenvalue weighted by atomic mass is 32.2. The van der Waals surface area contributed by atoms with Gasteiger partial charge in [0.15, 0.2) is 11.0 Å². The molecule has 5 heteroatoms. The number of carbonyl (C=O) groups excluding carboxylic acids is 1. The number of benzene rings is 2. The van der Waals surface area contributed by atoms with Crippen molar-refractivity contribution in [2.75, 3.05) is 0 Å². The van der Waals surface area contributed by atoms with Gasteiger partial charge in [0.1, 0.15) is 0 Å². The number of hydrogen-bond acceptors (Lipinski definition) is 3. The molecule has 2 aromatic carbocycles. The Bertz CT molecular complexity index is 914. The second kappa shape index (κ2) is 6.91. The monoisotopic (exact) mass is 345 g/mol. The van der Waals surface area contributed by atoms with Gasteiger partial charge in [-0.05, 0) is 22.6 Å². The van der Waals surface area contributed by atoms with E-state index in [2.05, 4.69) is 9.98 Å². The van der Waals surface area contributed by atoms with Crippen molar-refractivity contribution in [2.45, 2.75) is 6.54 Å². The highest BCUT2D eigenvalue weighted by molar-refractivity contribution is 8.16. The third kappa shape index (κ3) is 3.32. The van der Waals surface area contributed by atoms with Crippen LogP contribution in [0.1, 0.15) is 11.1 Å². The van der Waals surface area contributed by atoms with Crippen molar-refractivity contribution in [2.24, 2.45) is 9.98 Å². The third-order valence-corrected chi connectivity index (χ3v) is 4.60. The zero-order valence-corrected chi connectivity index (χ0v) is 14.2. The van der Waals surface area contributed by atoms with E-state index in [4.69, 9.17) is 0 Å². The average molecular weight is 345 g/mol. The van der Waals surface area contributed by atoms with Crippen LogP contribution in [0.3, 0.4) is 0 Å². The minimum atomic E-state index is -0.0954. The first-order valence-electron chi connectivity index (χ1n) is 7.92. The van der Waals surface area contributed by atoms with E-state index in [0.29, 0.717) is 23.1 Å². The van der Waals surface area contributed by atoms with E-state index in [1.807, 2.05) is 72.1 Å². The van der Waals surface area contributed by atoms with Gasteiger partial charge in [-0.2, -0.15) is 0 Å². The van der Waals surface area contributed by atoms with Crippen LogP contribution in [0.2, 0.25) is 0 Å². The number of amidine groups is 2. The molecule has 4 nitrogen and oxygen atoms in total. The molecular weight excluding hydrogens is 330 g/mol. The molecule has 0 spiro atoms. The zero-order chi connectivity index (χ0) is 17.1. The van der Waals surface area contributed by atoms with Crippen molar-refractivity contribution < 1.29 is 4.79 Å². The Kier molecular flexibility index (Phi) is 4.31. The lowest BCUT2D eigenvalue weighted by atomic mass is 10.1. The quantitative estimate of drug-likeness (QED) is 0.787. The number of amides is 1. The van der Waals surface area contributed by atoms with Gasteiger partial charge in [0, 0.05) is 6.20 Å². The molecule has 2 aliphatic rings. The van der Waals surface area contributed by atoms with Crippen LogP contribution >= 0.6 is 11.8 Å². The number of aliphatic imine (C=N–C) groups is 2. The highest BCUT2D eigenvalue weighted by Gasteiger charge is 2.32. The number of thioether (sulfide) groups is 1. The molecule has 0 unspecified atom stereocenters.